The number of methoxy groups -OCH3 is 1. The maximum atomic E-state index is 12.4. The Morgan fingerprint density at radius 2 is 2.11 bits per heavy atom. The van der Waals surface area contributed by atoms with Crippen LogP contribution in [0.3, 0.4) is 0 Å². The molecule has 1 N–H and O–H groups in total. The first-order valence-corrected chi connectivity index (χ1v) is 11.2. The lowest BCUT2D eigenvalue weighted by Gasteiger charge is -2.08. The van der Waals surface area contributed by atoms with Gasteiger partial charge in [-0.05, 0) is 30.5 Å². The lowest BCUT2D eigenvalue weighted by Crippen LogP contribution is -2.14. The van der Waals surface area contributed by atoms with E-state index in [2.05, 4.69) is 32.1 Å². The highest BCUT2D eigenvalue weighted by Crippen LogP contribution is 2.39. The highest BCUT2D eigenvalue weighted by molar-refractivity contribution is 8.00. The van der Waals surface area contributed by atoms with E-state index in [1.54, 1.807) is 35.8 Å². The van der Waals surface area contributed by atoms with E-state index in [1.807, 2.05) is 31.2 Å². The third-order valence-corrected chi connectivity index (χ3v) is 6.74. The molecule has 0 aliphatic heterocycles. The number of aryl methyl sites for hydroxylation is 1. The van der Waals surface area contributed by atoms with Crippen LogP contribution in [0.4, 0.5) is 5.69 Å². The summed E-state index contributed by atoms with van der Waals surface area (Å²) >= 11 is 4.73. The molecule has 8 heteroatoms. The van der Waals surface area contributed by atoms with Crippen LogP contribution in [-0.2, 0) is 4.79 Å². The quantitative estimate of drug-likeness (QED) is 0.327. The Morgan fingerprint density at radius 3 is 2.89 bits per heavy atom. The molecule has 0 atom stereocenters. The van der Waals surface area contributed by atoms with E-state index in [4.69, 9.17) is 4.74 Å². The minimum absolute atomic E-state index is 0.0874. The van der Waals surface area contributed by atoms with Gasteiger partial charge in [-0.25, -0.2) is 9.97 Å². The molecule has 3 aromatic heterocycles. The van der Waals surface area contributed by atoms with Gasteiger partial charge in [0, 0.05) is 27.6 Å². The van der Waals surface area contributed by atoms with E-state index < -0.39 is 0 Å². The van der Waals surface area contributed by atoms with Gasteiger partial charge >= 0.3 is 0 Å². The van der Waals surface area contributed by atoms with Crippen molar-refractivity contribution in [1.29, 1.82) is 0 Å². The zero-order valence-electron chi connectivity index (χ0n) is 15.3. The fourth-order valence-electron chi connectivity index (χ4n) is 2.76. The number of carbonyl (C=O) groups is 1. The summed E-state index contributed by atoms with van der Waals surface area (Å²) < 4.78 is 5.20. The largest absolute Gasteiger partial charge is 0.497 e. The number of thiophene rings is 2. The van der Waals surface area contributed by atoms with Crippen molar-refractivity contribution in [3.63, 3.8) is 0 Å². The topological polar surface area (TPSA) is 64.1 Å². The molecule has 0 aliphatic rings. The predicted molar refractivity (Wildman–Crippen MR) is 118 cm³/mol. The third-order valence-electron chi connectivity index (χ3n) is 3.99. The number of nitrogens with one attached hydrogen (secondary N) is 1. The highest BCUT2D eigenvalue weighted by Gasteiger charge is 2.16. The number of fused-ring (bicyclic) bond motifs is 1. The molecule has 0 saturated carbocycles. The molecule has 0 bridgehead atoms. The number of benzene rings is 1. The van der Waals surface area contributed by atoms with Crippen LogP contribution in [0.15, 0.2) is 52.2 Å². The van der Waals surface area contributed by atoms with Gasteiger partial charge in [-0.3, -0.25) is 4.79 Å². The lowest BCUT2D eigenvalue weighted by molar-refractivity contribution is -0.113. The maximum Gasteiger partial charge on any atom is 0.234 e. The van der Waals surface area contributed by atoms with Crippen LogP contribution in [0.25, 0.3) is 20.7 Å². The second-order valence-electron chi connectivity index (χ2n) is 5.95. The van der Waals surface area contributed by atoms with E-state index >= 15 is 0 Å². The van der Waals surface area contributed by atoms with Gasteiger partial charge in [0.05, 0.1) is 18.2 Å². The van der Waals surface area contributed by atoms with Gasteiger partial charge in [0.2, 0.25) is 5.91 Å². The number of nitrogens with zero attached hydrogens (tertiary/aromatic N) is 2. The Labute approximate surface area is 174 Å². The van der Waals surface area contributed by atoms with Crippen molar-refractivity contribution in [2.24, 2.45) is 0 Å². The summed E-state index contributed by atoms with van der Waals surface area (Å²) in [5, 5.41) is 8.95. The third kappa shape index (κ3) is 4.04. The van der Waals surface area contributed by atoms with E-state index in [0.29, 0.717) is 17.3 Å². The maximum absolute atomic E-state index is 12.4. The average molecular weight is 428 g/mol. The van der Waals surface area contributed by atoms with Crippen LogP contribution in [0.2, 0.25) is 0 Å². The van der Waals surface area contributed by atoms with Gasteiger partial charge in [-0.2, -0.15) is 0 Å². The average Bonchev–Trinajstić information content (AvgIpc) is 3.35. The van der Waals surface area contributed by atoms with Crippen molar-refractivity contribution in [2.45, 2.75) is 11.9 Å². The zero-order valence-corrected chi connectivity index (χ0v) is 17.7. The number of amides is 1. The molecular weight excluding hydrogens is 410 g/mol. The molecule has 1 aromatic carbocycles. The number of thioether (sulfide) groups is 1. The number of aromatic nitrogens is 2. The Hall–Kier alpha value is -2.42. The SMILES string of the molecule is COc1cccc(NC(=O)CSc2nc(C)nc3scc(-c4cccs4)c23)c1. The number of rotatable bonds is 6. The number of hydrogen-bond donors (Lipinski definition) is 1. The molecule has 142 valence electrons. The normalized spacial score (nSPS) is 10.9. The molecule has 0 fully saturated rings. The van der Waals surface area contributed by atoms with Crippen molar-refractivity contribution in [1.82, 2.24) is 9.97 Å². The molecule has 4 rings (SSSR count). The van der Waals surface area contributed by atoms with E-state index in [0.717, 1.165) is 20.8 Å². The molecule has 4 aromatic rings. The Morgan fingerprint density at radius 1 is 1.21 bits per heavy atom. The molecule has 5 nitrogen and oxygen atoms in total. The van der Waals surface area contributed by atoms with Gasteiger partial charge in [-0.1, -0.05) is 23.9 Å². The Kier molecular flexibility index (Phi) is 5.61. The molecule has 1 amide bonds. The monoisotopic (exact) mass is 427 g/mol. The molecule has 0 spiro atoms. The van der Waals surface area contributed by atoms with Crippen LogP contribution in [0.5, 0.6) is 5.75 Å². The molecule has 0 saturated heterocycles. The fourth-order valence-corrected chi connectivity index (χ4v) is 5.52. The molecular formula is C20H17N3O2S3. The summed E-state index contributed by atoms with van der Waals surface area (Å²) in [7, 11) is 1.60. The lowest BCUT2D eigenvalue weighted by atomic mass is 10.2. The number of hydrogen-bond acceptors (Lipinski definition) is 7. The van der Waals surface area contributed by atoms with Crippen LogP contribution in [0, 0.1) is 6.92 Å². The van der Waals surface area contributed by atoms with Gasteiger partial charge in [0.25, 0.3) is 0 Å². The second-order valence-corrected chi connectivity index (χ2v) is 8.72. The second kappa shape index (κ2) is 8.30. The Balaban J connectivity index is 1.55. The number of anilines is 1. The molecule has 28 heavy (non-hydrogen) atoms. The van der Waals surface area contributed by atoms with Crippen molar-refractivity contribution in [2.75, 3.05) is 18.2 Å². The van der Waals surface area contributed by atoms with E-state index in [-0.39, 0.29) is 11.7 Å². The number of ether oxygens (including phenoxy) is 1. The van der Waals surface area contributed by atoms with Crippen LogP contribution < -0.4 is 10.1 Å². The van der Waals surface area contributed by atoms with Gasteiger partial charge in [0.1, 0.15) is 21.4 Å². The van der Waals surface area contributed by atoms with Crippen molar-refractivity contribution < 1.29 is 9.53 Å². The summed E-state index contributed by atoms with van der Waals surface area (Å²) in [6.45, 7) is 1.88. The molecule has 3 heterocycles. The van der Waals surface area contributed by atoms with Crippen molar-refractivity contribution in [3.8, 4) is 16.2 Å². The fraction of sp³-hybridized carbons (Fsp3) is 0.150. The van der Waals surface area contributed by atoms with E-state index in [1.165, 1.54) is 16.6 Å². The summed E-state index contributed by atoms with van der Waals surface area (Å²) in [6, 6.07) is 11.4. The van der Waals surface area contributed by atoms with Crippen LogP contribution in [-0.4, -0.2) is 28.7 Å². The molecule has 0 aliphatic carbocycles. The standard InChI is InChI=1S/C20H17N3O2S3/c1-12-21-19-18(15(10-27-19)16-7-4-8-26-16)20(22-12)28-11-17(24)23-13-5-3-6-14(9-13)25-2/h3-10H,11H2,1-2H3,(H,23,24). The van der Waals surface area contributed by atoms with Crippen molar-refractivity contribution >= 4 is 56.2 Å². The first kappa shape index (κ1) is 18.9. The first-order valence-electron chi connectivity index (χ1n) is 8.50. The molecule has 0 unspecified atom stereocenters. The summed E-state index contributed by atoms with van der Waals surface area (Å²) in [6.07, 6.45) is 0. The molecule has 0 radical (unpaired) electrons. The minimum atomic E-state index is -0.0874. The minimum Gasteiger partial charge on any atom is -0.497 e. The summed E-state index contributed by atoms with van der Waals surface area (Å²) in [5.41, 5.74) is 1.84. The van der Waals surface area contributed by atoms with Gasteiger partial charge in [0.15, 0.2) is 0 Å². The Bertz CT molecular complexity index is 1120. The smallest absolute Gasteiger partial charge is 0.234 e. The van der Waals surface area contributed by atoms with Gasteiger partial charge < -0.3 is 10.1 Å². The van der Waals surface area contributed by atoms with Crippen molar-refractivity contribution in [3.05, 3.63) is 53.0 Å². The highest BCUT2D eigenvalue weighted by atomic mass is 32.2. The van der Waals surface area contributed by atoms with Gasteiger partial charge in [-0.15, -0.1) is 22.7 Å². The van der Waals surface area contributed by atoms with Crippen LogP contribution in [0.1, 0.15) is 5.82 Å². The summed E-state index contributed by atoms with van der Waals surface area (Å²) in [5.74, 6) is 1.60. The zero-order chi connectivity index (χ0) is 19.5. The summed E-state index contributed by atoms with van der Waals surface area (Å²) in [4.78, 5) is 23.8. The number of carbonyl (C=O) groups excluding carboxylic acids is 1. The van der Waals surface area contributed by atoms with Crippen LogP contribution >= 0.6 is 34.4 Å². The predicted octanol–water partition coefficient (Wildman–Crippen LogP) is 5.47. The van der Waals surface area contributed by atoms with E-state index in [9.17, 15) is 4.79 Å². The first-order chi connectivity index (χ1) is 13.6.